The summed E-state index contributed by atoms with van der Waals surface area (Å²) < 4.78 is 26.4. The van der Waals surface area contributed by atoms with Gasteiger partial charge in [-0.2, -0.15) is 5.26 Å². The summed E-state index contributed by atoms with van der Waals surface area (Å²) in [5, 5.41) is 11.3. The molecule has 1 aromatic carbocycles. The zero-order valence-corrected chi connectivity index (χ0v) is 11.9. The average molecular weight is 314 g/mol. The third-order valence-corrected chi connectivity index (χ3v) is 4.76. The molecule has 1 aromatic heterocycles. The summed E-state index contributed by atoms with van der Waals surface area (Å²) in [5.41, 5.74) is 0.237. The summed E-state index contributed by atoms with van der Waals surface area (Å²) >= 11 is 7.17. The lowest BCUT2D eigenvalue weighted by molar-refractivity contribution is 0.581. The van der Waals surface area contributed by atoms with E-state index in [1.807, 2.05) is 6.07 Å². The summed E-state index contributed by atoms with van der Waals surface area (Å²) in [7, 11) is -3.66. The van der Waals surface area contributed by atoms with Crippen LogP contribution in [0.3, 0.4) is 0 Å². The Morgan fingerprint density at radius 3 is 2.84 bits per heavy atom. The van der Waals surface area contributed by atoms with E-state index in [1.54, 1.807) is 11.6 Å². The van der Waals surface area contributed by atoms with Crippen LogP contribution in [-0.4, -0.2) is 13.4 Å². The van der Waals surface area contributed by atoms with Crippen molar-refractivity contribution in [2.75, 3.05) is 0 Å². The Balaban J connectivity index is 2.20. The number of hydrogen-bond acceptors (Lipinski definition) is 5. The molecule has 5 nitrogen and oxygen atoms in total. The van der Waals surface area contributed by atoms with E-state index in [-0.39, 0.29) is 22.0 Å². The van der Waals surface area contributed by atoms with Gasteiger partial charge < -0.3 is 0 Å². The standard InChI is InChI=1S/C11H8ClN3O2S2/c12-10-5-9(2-1-8(10)6-13)19(16,17)15-7-11-14-3-4-18-11/h1-5,15H,7H2. The Hall–Kier alpha value is -1.46. The van der Waals surface area contributed by atoms with Gasteiger partial charge in [0.05, 0.1) is 22.0 Å². The lowest BCUT2D eigenvalue weighted by Gasteiger charge is -2.06. The number of hydrogen-bond donors (Lipinski definition) is 1. The summed E-state index contributed by atoms with van der Waals surface area (Å²) in [6.07, 6.45) is 1.60. The molecule has 0 aliphatic carbocycles. The van der Waals surface area contributed by atoms with Gasteiger partial charge in [0.2, 0.25) is 10.0 Å². The number of aromatic nitrogens is 1. The fraction of sp³-hybridized carbons (Fsp3) is 0.0909. The van der Waals surface area contributed by atoms with Gasteiger partial charge in [0.15, 0.2) is 0 Å². The topological polar surface area (TPSA) is 82.8 Å². The van der Waals surface area contributed by atoms with Gasteiger partial charge >= 0.3 is 0 Å². The van der Waals surface area contributed by atoms with E-state index in [4.69, 9.17) is 16.9 Å². The minimum Gasteiger partial charge on any atom is -0.248 e. The van der Waals surface area contributed by atoms with Crippen molar-refractivity contribution in [3.05, 3.63) is 45.4 Å². The quantitative estimate of drug-likeness (QED) is 0.937. The Kier molecular flexibility index (Phi) is 4.17. The van der Waals surface area contributed by atoms with Crippen molar-refractivity contribution in [1.29, 1.82) is 5.26 Å². The molecule has 98 valence electrons. The number of thiazole rings is 1. The molecule has 0 unspecified atom stereocenters. The minimum absolute atomic E-state index is 0.0213. The molecule has 0 aliphatic heterocycles. The molecule has 19 heavy (non-hydrogen) atoms. The Bertz CT molecular complexity index is 721. The first-order valence-corrected chi connectivity index (χ1v) is 7.85. The number of nitriles is 1. The molecule has 0 radical (unpaired) electrons. The van der Waals surface area contributed by atoms with Crippen LogP contribution in [0.5, 0.6) is 0 Å². The maximum Gasteiger partial charge on any atom is 0.241 e. The third-order valence-electron chi connectivity index (χ3n) is 2.27. The second kappa shape index (κ2) is 5.67. The summed E-state index contributed by atoms with van der Waals surface area (Å²) in [4.78, 5) is 4.00. The smallest absolute Gasteiger partial charge is 0.241 e. The van der Waals surface area contributed by atoms with Crippen LogP contribution in [-0.2, 0) is 16.6 Å². The molecule has 0 saturated carbocycles. The van der Waals surface area contributed by atoms with Crippen LogP contribution < -0.4 is 4.72 Å². The fourth-order valence-corrected chi connectivity index (χ4v) is 3.28. The first kappa shape index (κ1) is 14.0. The lowest BCUT2D eigenvalue weighted by Crippen LogP contribution is -2.23. The van der Waals surface area contributed by atoms with Gasteiger partial charge in [-0.1, -0.05) is 11.6 Å². The normalized spacial score (nSPS) is 11.2. The highest BCUT2D eigenvalue weighted by Gasteiger charge is 2.15. The van der Waals surface area contributed by atoms with Crippen LogP contribution in [0.2, 0.25) is 5.02 Å². The van der Waals surface area contributed by atoms with Gasteiger partial charge in [-0.3, -0.25) is 0 Å². The summed E-state index contributed by atoms with van der Waals surface area (Å²) in [6.45, 7) is 0.123. The zero-order valence-electron chi connectivity index (χ0n) is 9.50. The molecule has 2 rings (SSSR count). The van der Waals surface area contributed by atoms with Gasteiger partial charge in [0.1, 0.15) is 11.1 Å². The highest BCUT2D eigenvalue weighted by molar-refractivity contribution is 7.89. The number of rotatable bonds is 4. The molecular weight excluding hydrogens is 306 g/mol. The molecule has 0 amide bonds. The lowest BCUT2D eigenvalue weighted by atomic mass is 10.2. The van der Waals surface area contributed by atoms with Crippen molar-refractivity contribution in [3.8, 4) is 6.07 Å². The van der Waals surface area contributed by atoms with E-state index in [1.165, 1.54) is 29.5 Å². The molecule has 0 aliphatic rings. The second-order valence-corrected chi connectivity index (χ2v) is 6.66. The predicted molar refractivity (Wildman–Crippen MR) is 72.3 cm³/mol. The molecule has 8 heteroatoms. The van der Waals surface area contributed by atoms with E-state index in [9.17, 15) is 8.42 Å². The van der Waals surface area contributed by atoms with Crippen LogP contribution in [0, 0.1) is 11.3 Å². The van der Waals surface area contributed by atoms with Crippen molar-refractivity contribution in [3.63, 3.8) is 0 Å². The molecule has 0 saturated heterocycles. The van der Waals surface area contributed by atoms with E-state index in [0.717, 1.165) is 0 Å². The Morgan fingerprint density at radius 1 is 1.47 bits per heavy atom. The van der Waals surface area contributed by atoms with E-state index in [0.29, 0.717) is 5.01 Å². The molecule has 1 N–H and O–H groups in total. The highest BCUT2D eigenvalue weighted by atomic mass is 35.5. The van der Waals surface area contributed by atoms with Crippen LogP contribution in [0.15, 0.2) is 34.7 Å². The summed E-state index contributed by atoms with van der Waals surface area (Å²) in [5.74, 6) is 0. The van der Waals surface area contributed by atoms with E-state index in [2.05, 4.69) is 9.71 Å². The number of nitrogens with one attached hydrogen (secondary N) is 1. The fourth-order valence-electron chi connectivity index (χ4n) is 1.33. The van der Waals surface area contributed by atoms with Gasteiger partial charge in [0, 0.05) is 11.6 Å². The molecule has 0 fully saturated rings. The van der Waals surface area contributed by atoms with E-state index < -0.39 is 10.0 Å². The maximum atomic E-state index is 12.0. The SMILES string of the molecule is N#Cc1ccc(S(=O)(=O)NCc2nccs2)cc1Cl. The number of benzene rings is 1. The minimum atomic E-state index is -3.66. The van der Waals surface area contributed by atoms with Crippen LogP contribution in [0.4, 0.5) is 0 Å². The molecule has 0 spiro atoms. The highest BCUT2D eigenvalue weighted by Crippen LogP contribution is 2.20. The van der Waals surface area contributed by atoms with Gasteiger partial charge in [-0.05, 0) is 18.2 Å². The monoisotopic (exact) mass is 313 g/mol. The first-order valence-electron chi connectivity index (χ1n) is 5.10. The number of nitrogens with zero attached hydrogens (tertiary/aromatic N) is 2. The van der Waals surface area contributed by atoms with E-state index >= 15 is 0 Å². The predicted octanol–water partition coefficient (Wildman–Crippen LogP) is 2.15. The Labute approximate surface area is 119 Å². The van der Waals surface area contributed by atoms with Crippen molar-refractivity contribution in [2.24, 2.45) is 0 Å². The zero-order chi connectivity index (χ0) is 13.9. The molecule has 1 heterocycles. The van der Waals surface area contributed by atoms with Crippen molar-refractivity contribution in [1.82, 2.24) is 9.71 Å². The maximum absolute atomic E-state index is 12.0. The Morgan fingerprint density at radius 2 is 2.26 bits per heavy atom. The molecule has 2 aromatic rings. The van der Waals surface area contributed by atoms with Crippen molar-refractivity contribution in [2.45, 2.75) is 11.4 Å². The average Bonchev–Trinajstić information content (AvgIpc) is 2.89. The van der Waals surface area contributed by atoms with Gasteiger partial charge in [0.25, 0.3) is 0 Å². The van der Waals surface area contributed by atoms with Crippen molar-refractivity contribution < 1.29 is 8.42 Å². The molecular formula is C11H8ClN3O2S2. The summed E-state index contributed by atoms with van der Waals surface area (Å²) in [6, 6.07) is 5.84. The molecule has 0 atom stereocenters. The van der Waals surface area contributed by atoms with Gasteiger partial charge in [-0.25, -0.2) is 18.1 Å². The second-order valence-electron chi connectivity index (χ2n) is 3.50. The number of halogens is 1. The third kappa shape index (κ3) is 3.30. The molecule has 0 bridgehead atoms. The largest absolute Gasteiger partial charge is 0.248 e. The number of sulfonamides is 1. The van der Waals surface area contributed by atoms with Crippen molar-refractivity contribution >= 4 is 33.0 Å². The van der Waals surface area contributed by atoms with Crippen LogP contribution >= 0.6 is 22.9 Å². The van der Waals surface area contributed by atoms with Crippen LogP contribution in [0.25, 0.3) is 0 Å². The first-order chi connectivity index (χ1) is 9.03. The van der Waals surface area contributed by atoms with Gasteiger partial charge in [-0.15, -0.1) is 11.3 Å². The van der Waals surface area contributed by atoms with Crippen LogP contribution in [0.1, 0.15) is 10.6 Å².